The fourth-order valence-corrected chi connectivity index (χ4v) is 2.78. The summed E-state index contributed by atoms with van der Waals surface area (Å²) in [6.07, 6.45) is 2.38. The molecule has 2 rings (SSSR count). The number of carboxylic acid groups (broad SMARTS) is 1. The maximum Gasteiger partial charge on any atom is 0.335 e. The molecule has 1 heterocycles. The molecule has 1 aromatic carbocycles. The van der Waals surface area contributed by atoms with Crippen LogP contribution in [-0.2, 0) is 10.0 Å². The standard InChI is InChI=1S/C10H8BrN3O4S/c11-7-2-1-6(10(15)16)3-8(7)14-19(17,18)9-4-12-5-13-9/h1-5,14H,(H,12,13)(H,15,16). The second-order valence-electron chi connectivity index (χ2n) is 3.52. The molecule has 3 N–H and O–H groups in total. The first-order valence-electron chi connectivity index (χ1n) is 4.94. The van der Waals surface area contributed by atoms with Gasteiger partial charge in [-0.1, -0.05) is 0 Å². The fraction of sp³-hybridized carbons (Fsp3) is 0. The van der Waals surface area contributed by atoms with Gasteiger partial charge in [0, 0.05) is 4.47 Å². The number of halogens is 1. The van der Waals surface area contributed by atoms with Crippen molar-refractivity contribution in [1.82, 2.24) is 9.97 Å². The molecule has 0 amide bonds. The molecule has 100 valence electrons. The van der Waals surface area contributed by atoms with Crippen LogP contribution in [0.5, 0.6) is 0 Å². The molecule has 0 fully saturated rings. The predicted octanol–water partition coefficient (Wildman–Crippen LogP) is 1.67. The van der Waals surface area contributed by atoms with Gasteiger partial charge < -0.3 is 10.1 Å². The topological polar surface area (TPSA) is 112 Å². The Kier molecular flexibility index (Phi) is 3.58. The average molecular weight is 346 g/mol. The quantitative estimate of drug-likeness (QED) is 0.780. The van der Waals surface area contributed by atoms with Crippen molar-refractivity contribution in [1.29, 1.82) is 0 Å². The summed E-state index contributed by atoms with van der Waals surface area (Å²) in [7, 11) is -3.83. The average Bonchev–Trinajstić information content (AvgIpc) is 2.85. The minimum atomic E-state index is -3.83. The van der Waals surface area contributed by atoms with Crippen LogP contribution in [0.15, 0.2) is 40.2 Å². The zero-order valence-electron chi connectivity index (χ0n) is 9.29. The number of benzene rings is 1. The normalized spacial score (nSPS) is 11.2. The number of H-pyrrole nitrogens is 1. The molecular formula is C10H8BrN3O4S. The Labute approximate surface area is 116 Å². The first kappa shape index (κ1) is 13.6. The second kappa shape index (κ2) is 5.02. The van der Waals surface area contributed by atoms with E-state index >= 15 is 0 Å². The Morgan fingerprint density at radius 1 is 1.42 bits per heavy atom. The van der Waals surface area contributed by atoms with Gasteiger partial charge in [-0.3, -0.25) is 4.72 Å². The highest BCUT2D eigenvalue weighted by Crippen LogP contribution is 2.25. The summed E-state index contributed by atoms with van der Waals surface area (Å²) in [5.41, 5.74) is 0.111. The lowest BCUT2D eigenvalue weighted by atomic mass is 10.2. The monoisotopic (exact) mass is 345 g/mol. The lowest BCUT2D eigenvalue weighted by Gasteiger charge is -2.09. The highest BCUT2D eigenvalue weighted by Gasteiger charge is 2.18. The van der Waals surface area contributed by atoms with E-state index in [1.807, 2.05) is 0 Å². The number of hydrogen-bond acceptors (Lipinski definition) is 4. The molecule has 2 aromatic rings. The van der Waals surface area contributed by atoms with Crippen molar-refractivity contribution in [2.75, 3.05) is 4.72 Å². The molecule has 0 unspecified atom stereocenters. The third-order valence-corrected chi connectivity index (χ3v) is 4.20. The zero-order valence-corrected chi connectivity index (χ0v) is 11.7. The van der Waals surface area contributed by atoms with Crippen molar-refractivity contribution in [3.05, 3.63) is 40.8 Å². The number of sulfonamides is 1. The van der Waals surface area contributed by atoms with E-state index in [4.69, 9.17) is 5.11 Å². The van der Waals surface area contributed by atoms with Gasteiger partial charge in [-0.25, -0.2) is 9.78 Å². The van der Waals surface area contributed by atoms with Crippen LogP contribution in [0.1, 0.15) is 10.4 Å². The Morgan fingerprint density at radius 2 is 2.16 bits per heavy atom. The Bertz CT molecular complexity index is 712. The minimum absolute atomic E-state index is 0.0227. The van der Waals surface area contributed by atoms with Gasteiger partial charge in [0.15, 0.2) is 5.03 Å². The van der Waals surface area contributed by atoms with E-state index in [-0.39, 0.29) is 16.3 Å². The highest BCUT2D eigenvalue weighted by molar-refractivity contribution is 9.10. The second-order valence-corrected chi connectivity index (χ2v) is 6.03. The smallest absolute Gasteiger partial charge is 0.335 e. The number of nitrogens with zero attached hydrogens (tertiary/aromatic N) is 1. The molecule has 9 heteroatoms. The summed E-state index contributed by atoms with van der Waals surface area (Å²) >= 11 is 3.15. The van der Waals surface area contributed by atoms with Gasteiger partial charge in [0.2, 0.25) is 0 Å². The van der Waals surface area contributed by atoms with Crippen LogP contribution in [0.3, 0.4) is 0 Å². The SMILES string of the molecule is O=C(O)c1ccc(Br)c(NS(=O)(=O)c2cnc[nH]2)c1. The van der Waals surface area contributed by atoms with Gasteiger partial charge in [-0.2, -0.15) is 8.42 Å². The molecule has 0 aliphatic carbocycles. The fourth-order valence-electron chi connectivity index (χ4n) is 1.33. The first-order valence-corrected chi connectivity index (χ1v) is 7.22. The summed E-state index contributed by atoms with van der Waals surface area (Å²) in [6, 6.07) is 4.04. The molecule has 1 aromatic heterocycles. The molecule has 0 bridgehead atoms. The van der Waals surface area contributed by atoms with E-state index in [2.05, 4.69) is 30.6 Å². The largest absolute Gasteiger partial charge is 0.478 e. The van der Waals surface area contributed by atoms with E-state index in [0.29, 0.717) is 4.47 Å². The van der Waals surface area contributed by atoms with Crippen LogP contribution in [-0.4, -0.2) is 29.5 Å². The van der Waals surface area contributed by atoms with Gasteiger partial charge in [0.05, 0.1) is 23.8 Å². The summed E-state index contributed by atoms with van der Waals surface area (Å²) in [6.45, 7) is 0. The molecule has 0 spiro atoms. The lowest BCUT2D eigenvalue weighted by molar-refractivity contribution is 0.0697. The van der Waals surface area contributed by atoms with Crippen molar-refractivity contribution < 1.29 is 18.3 Å². The molecular weight excluding hydrogens is 338 g/mol. The Balaban J connectivity index is 2.39. The molecule has 0 aliphatic heterocycles. The molecule has 7 nitrogen and oxygen atoms in total. The number of carbonyl (C=O) groups is 1. The number of aromatic carboxylic acids is 1. The van der Waals surface area contributed by atoms with E-state index in [9.17, 15) is 13.2 Å². The van der Waals surface area contributed by atoms with E-state index < -0.39 is 16.0 Å². The van der Waals surface area contributed by atoms with Crippen molar-refractivity contribution in [3.8, 4) is 0 Å². The Hall–Kier alpha value is -1.87. The number of imidazole rings is 1. The number of anilines is 1. The van der Waals surface area contributed by atoms with Crippen molar-refractivity contribution in [2.45, 2.75) is 5.03 Å². The molecule has 0 saturated carbocycles. The summed E-state index contributed by atoms with van der Waals surface area (Å²) in [5.74, 6) is -1.14. The van der Waals surface area contributed by atoms with E-state index in [1.165, 1.54) is 24.5 Å². The molecule has 19 heavy (non-hydrogen) atoms. The number of carboxylic acids is 1. The van der Waals surface area contributed by atoms with Crippen LogP contribution >= 0.6 is 15.9 Å². The van der Waals surface area contributed by atoms with Gasteiger partial charge in [0.1, 0.15) is 0 Å². The van der Waals surface area contributed by atoms with Crippen molar-refractivity contribution in [3.63, 3.8) is 0 Å². The molecule has 0 aliphatic rings. The van der Waals surface area contributed by atoms with Crippen LogP contribution < -0.4 is 4.72 Å². The molecule has 0 atom stereocenters. The summed E-state index contributed by atoms with van der Waals surface area (Å²) < 4.78 is 26.6. The lowest BCUT2D eigenvalue weighted by Crippen LogP contribution is -2.14. The van der Waals surface area contributed by atoms with Gasteiger partial charge in [0.25, 0.3) is 10.0 Å². The number of hydrogen-bond donors (Lipinski definition) is 3. The van der Waals surface area contributed by atoms with Crippen molar-refractivity contribution in [2.24, 2.45) is 0 Å². The zero-order chi connectivity index (χ0) is 14.0. The number of aromatic nitrogens is 2. The number of nitrogens with one attached hydrogen (secondary N) is 2. The maximum atomic E-state index is 11.9. The van der Waals surface area contributed by atoms with Gasteiger partial charge >= 0.3 is 5.97 Å². The number of rotatable bonds is 4. The number of aromatic amines is 1. The third kappa shape index (κ3) is 2.93. The van der Waals surface area contributed by atoms with E-state index in [1.54, 1.807) is 0 Å². The molecule has 0 radical (unpaired) electrons. The van der Waals surface area contributed by atoms with Gasteiger partial charge in [-0.05, 0) is 34.1 Å². The van der Waals surface area contributed by atoms with Crippen LogP contribution in [0.2, 0.25) is 0 Å². The summed E-state index contributed by atoms with van der Waals surface area (Å²) in [4.78, 5) is 16.9. The minimum Gasteiger partial charge on any atom is -0.478 e. The van der Waals surface area contributed by atoms with Crippen LogP contribution in [0.25, 0.3) is 0 Å². The third-order valence-electron chi connectivity index (χ3n) is 2.22. The summed E-state index contributed by atoms with van der Waals surface area (Å²) in [5, 5.41) is 8.76. The van der Waals surface area contributed by atoms with Crippen LogP contribution in [0.4, 0.5) is 5.69 Å². The Morgan fingerprint density at radius 3 is 2.74 bits per heavy atom. The van der Waals surface area contributed by atoms with E-state index in [0.717, 1.165) is 6.20 Å². The highest BCUT2D eigenvalue weighted by atomic mass is 79.9. The van der Waals surface area contributed by atoms with Gasteiger partial charge in [-0.15, -0.1) is 0 Å². The first-order chi connectivity index (χ1) is 8.90. The maximum absolute atomic E-state index is 11.9. The van der Waals surface area contributed by atoms with Crippen LogP contribution in [0, 0.1) is 0 Å². The van der Waals surface area contributed by atoms with Crippen molar-refractivity contribution >= 4 is 37.6 Å². The molecule has 0 saturated heterocycles. The predicted molar refractivity (Wildman–Crippen MR) is 70.5 cm³/mol.